The molecule has 1 aromatic carbocycles. The Morgan fingerprint density at radius 1 is 1.38 bits per heavy atom. The van der Waals surface area contributed by atoms with E-state index >= 15 is 0 Å². The Morgan fingerprint density at radius 2 is 2.04 bits per heavy atom. The Bertz CT molecular complexity index is 675. The molecule has 24 heavy (non-hydrogen) atoms. The predicted octanol–water partition coefficient (Wildman–Crippen LogP) is 2.61. The highest BCUT2D eigenvalue weighted by atomic mass is 32.2. The zero-order valence-electron chi connectivity index (χ0n) is 13.2. The average Bonchev–Trinajstić information content (AvgIpc) is 2.83. The van der Waals surface area contributed by atoms with Crippen LogP contribution in [-0.2, 0) is 19.1 Å². The normalized spacial score (nSPS) is 17.5. The maximum absolute atomic E-state index is 12.9. The minimum absolute atomic E-state index is 0.111. The van der Waals surface area contributed by atoms with Crippen LogP contribution in [0.15, 0.2) is 29.2 Å². The third kappa shape index (κ3) is 4.40. The van der Waals surface area contributed by atoms with E-state index in [1.807, 2.05) is 0 Å². The van der Waals surface area contributed by atoms with Gasteiger partial charge in [0, 0.05) is 7.11 Å². The Labute approximate surface area is 148 Å². The molecule has 1 saturated heterocycles. The monoisotopic (exact) mass is 369 g/mol. The van der Waals surface area contributed by atoms with Crippen LogP contribution in [0.25, 0.3) is 6.08 Å². The Kier molecular flexibility index (Phi) is 6.47. The average molecular weight is 369 g/mol. The summed E-state index contributed by atoms with van der Waals surface area (Å²) in [5.41, 5.74) is 0.673. The number of halogens is 1. The summed E-state index contributed by atoms with van der Waals surface area (Å²) in [6.07, 6.45) is 1.61. The third-order valence-corrected chi connectivity index (χ3v) is 4.58. The van der Waals surface area contributed by atoms with Gasteiger partial charge in [-0.05, 0) is 30.7 Å². The predicted molar refractivity (Wildman–Crippen MR) is 93.7 cm³/mol. The largest absolute Gasteiger partial charge is 0.462 e. The van der Waals surface area contributed by atoms with Gasteiger partial charge in [-0.1, -0.05) is 36.1 Å². The van der Waals surface area contributed by atoms with Crippen LogP contribution >= 0.6 is 24.0 Å². The molecular weight excluding hydrogens is 353 g/mol. The second-order valence-electron chi connectivity index (χ2n) is 4.94. The first-order chi connectivity index (χ1) is 11.4. The number of nitrogens with zero attached hydrogens (tertiary/aromatic N) is 1. The van der Waals surface area contributed by atoms with Gasteiger partial charge in [0.05, 0.1) is 11.5 Å². The van der Waals surface area contributed by atoms with Gasteiger partial charge in [0.1, 0.15) is 22.8 Å². The molecule has 1 fully saturated rings. The van der Waals surface area contributed by atoms with E-state index in [0.29, 0.717) is 10.5 Å². The molecular formula is C16H16FNO4S2. The summed E-state index contributed by atoms with van der Waals surface area (Å²) in [7, 11) is 1.50. The van der Waals surface area contributed by atoms with Crippen molar-refractivity contribution < 1.29 is 23.5 Å². The number of carbonyl (C=O) groups excluding carboxylic acids is 2. The van der Waals surface area contributed by atoms with Crippen molar-refractivity contribution in [2.75, 3.05) is 20.3 Å². The Hall–Kier alpha value is -1.77. The van der Waals surface area contributed by atoms with Crippen LogP contribution in [0.4, 0.5) is 4.39 Å². The number of carbonyl (C=O) groups is 2. The zero-order chi connectivity index (χ0) is 17.7. The fourth-order valence-corrected chi connectivity index (χ4v) is 3.39. The first-order valence-corrected chi connectivity index (χ1v) is 8.34. The summed E-state index contributed by atoms with van der Waals surface area (Å²) in [5, 5.41) is 0. The lowest BCUT2D eigenvalue weighted by Gasteiger charge is -2.21. The molecule has 0 spiro atoms. The second kappa shape index (κ2) is 8.36. The van der Waals surface area contributed by atoms with Crippen LogP contribution < -0.4 is 0 Å². The maximum atomic E-state index is 12.9. The first kappa shape index (κ1) is 18.6. The van der Waals surface area contributed by atoms with Crippen LogP contribution in [0.3, 0.4) is 0 Å². The van der Waals surface area contributed by atoms with E-state index in [4.69, 9.17) is 21.7 Å². The molecule has 5 nitrogen and oxygen atoms in total. The summed E-state index contributed by atoms with van der Waals surface area (Å²) >= 11 is 6.29. The first-order valence-electron chi connectivity index (χ1n) is 7.12. The minimum Gasteiger partial charge on any atom is -0.462 e. The van der Waals surface area contributed by atoms with Gasteiger partial charge in [0.15, 0.2) is 0 Å². The van der Waals surface area contributed by atoms with E-state index in [2.05, 4.69) is 0 Å². The van der Waals surface area contributed by atoms with Crippen molar-refractivity contribution >= 4 is 46.3 Å². The van der Waals surface area contributed by atoms with E-state index < -0.39 is 12.0 Å². The molecule has 0 aromatic heterocycles. The molecule has 2 rings (SSSR count). The fourth-order valence-electron chi connectivity index (χ4n) is 1.98. The van der Waals surface area contributed by atoms with Gasteiger partial charge in [-0.2, -0.15) is 0 Å². The zero-order valence-corrected chi connectivity index (χ0v) is 14.8. The third-order valence-electron chi connectivity index (χ3n) is 3.25. The van der Waals surface area contributed by atoms with Crippen molar-refractivity contribution in [2.24, 2.45) is 0 Å². The quantitative estimate of drug-likeness (QED) is 0.333. The molecule has 0 saturated carbocycles. The Morgan fingerprint density at radius 3 is 2.67 bits per heavy atom. The van der Waals surface area contributed by atoms with Crippen LogP contribution in [0.5, 0.6) is 0 Å². The molecule has 1 heterocycles. The van der Waals surface area contributed by atoms with Crippen molar-refractivity contribution in [3.63, 3.8) is 0 Å². The van der Waals surface area contributed by atoms with Gasteiger partial charge in [0.25, 0.3) is 5.91 Å². The SMILES string of the molecule is COCCOC(=O)[C@H](C)N1C(=O)/C(=C/c2ccc(F)cc2)SC1=S. The molecule has 8 heteroatoms. The van der Waals surface area contributed by atoms with Crippen LogP contribution in [-0.4, -0.2) is 47.5 Å². The summed E-state index contributed by atoms with van der Waals surface area (Å²) in [5.74, 6) is -1.27. The van der Waals surface area contributed by atoms with E-state index in [9.17, 15) is 14.0 Å². The molecule has 128 valence electrons. The molecule has 0 bridgehead atoms. The summed E-state index contributed by atoms with van der Waals surface area (Å²) < 4.78 is 23.1. The van der Waals surface area contributed by atoms with E-state index in [1.54, 1.807) is 25.1 Å². The van der Waals surface area contributed by atoms with Crippen molar-refractivity contribution in [1.82, 2.24) is 4.90 Å². The number of esters is 1. The number of rotatable bonds is 6. The van der Waals surface area contributed by atoms with Crippen molar-refractivity contribution in [2.45, 2.75) is 13.0 Å². The summed E-state index contributed by atoms with van der Waals surface area (Å²) in [4.78, 5) is 26.1. The number of hydrogen-bond donors (Lipinski definition) is 0. The molecule has 0 unspecified atom stereocenters. The topological polar surface area (TPSA) is 55.8 Å². The van der Waals surface area contributed by atoms with Gasteiger partial charge in [-0.3, -0.25) is 9.69 Å². The highest BCUT2D eigenvalue weighted by Crippen LogP contribution is 2.34. The molecule has 0 N–H and O–H groups in total. The van der Waals surface area contributed by atoms with Crippen LogP contribution in [0.1, 0.15) is 12.5 Å². The van der Waals surface area contributed by atoms with Gasteiger partial charge in [-0.15, -0.1) is 0 Å². The number of amides is 1. The number of thiocarbonyl (C=S) groups is 1. The van der Waals surface area contributed by atoms with Crippen molar-refractivity contribution in [3.05, 3.63) is 40.6 Å². The van der Waals surface area contributed by atoms with E-state index in [1.165, 1.54) is 24.1 Å². The Balaban J connectivity index is 2.10. The van der Waals surface area contributed by atoms with Crippen molar-refractivity contribution in [3.8, 4) is 0 Å². The number of methoxy groups -OCH3 is 1. The molecule has 1 amide bonds. The van der Waals surface area contributed by atoms with Gasteiger partial charge in [0.2, 0.25) is 0 Å². The van der Waals surface area contributed by atoms with Gasteiger partial charge in [-0.25, -0.2) is 9.18 Å². The second-order valence-corrected chi connectivity index (χ2v) is 6.62. The van der Waals surface area contributed by atoms with Crippen molar-refractivity contribution in [1.29, 1.82) is 0 Å². The number of benzene rings is 1. The molecule has 1 aliphatic rings. The van der Waals surface area contributed by atoms with E-state index in [0.717, 1.165) is 11.8 Å². The lowest BCUT2D eigenvalue weighted by Crippen LogP contribution is -2.42. The molecule has 0 radical (unpaired) electrons. The number of ether oxygens (including phenoxy) is 2. The number of hydrogen-bond acceptors (Lipinski definition) is 6. The van der Waals surface area contributed by atoms with Gasteiger partial charge >= 0.3 is 5.97 Å². The minimum atomic E-state index is -0.825. The smallest absolute Gasteiger partial charge is 0.329 e. The number of thioether (sulfide) groups is 1. The standard InChI is InChI=1S/C16H16FNO4S2/c1-10(15(20)22-8-7-21-2)18-14(19)13(24-16(18)23)9-11-3-5-12(17)6-4-11/h3-6,9-10H,7-8H2,1-2H3/b13-9-/t10-/m0/s1. The lowest BCUT2D eigenvalue weighted by atomic mass is 10.2. The van der Waals surface area contributed by atoms with E-state index in [-0.39, 0.29) is 29.3 Å². The fraction of sp³-hybridized carbons (Fsp3) is 0.312. The molecule has 1 aliphatic heterocycles. The molecule has 1 atom stereocenters. The highest BCUT2D eigenvalue weighted by molar-refractivity contribution is 8.26. The van der Waals surface area contributed by atoms with Crippen LogP contribution in [0, 0.1) is 5.82 Å². The highest BCUT2D eigenvalue weighted by Gasteiger charge is 2.38. The summed E-state index contributed by atoms with van der Waals surface area (Å²) in [6, 6.07) is 4.91. The lowest BCUT2D eigenvalue weighted by molar-refractivity contribution is -0.151. The van der Waals surface area contributed by atoms with Crippen LogP contribution in [0.2, 0.25) is 0 Å². The molecule has 0 aliphatic carbocycles. The summed E-state index contributed by atoms with van der Waals surface area (Å²) in [6.45, 7) is 1.95. The maximum Gasteiger partial charge on any atom is 0.329 e. The van der Waals surface area contributed by atoms with Gasteiger partial charge < -0.3 is 9.47 Å². The molecule has 1 aromatic rings.